The van der Waals surface area contributed by atoms with Crippen molar-refractivity contribution in [2.24, 2.45) is 0 Å². The fraction of sp³-hybridized carbons (Fsp3) is 0.0588. The van der Waals surface area contributed by atoms with E-state index in [1.54, 1.807) is 30.3 Å². The van der Waals surface area contributed by atoms with Gasteiger partial charge in [0.15, 0.2) is 5.11 Å². The molecule has 0 aliphatic rings. The number of nitro groups is 2. The minimum atomic E-state index is -0.824. The molecule has 28 heavy (non-hydrogen) atoms. The maximum atomic E-state index is 12.3. The largest absolute Gasteiger partial charge is 0.490 e. The summed E-state index contributed by atoms with van der Waals surface area (Å²) in [6, 6.07) is 9.31. The van der Waals surface area contributed by atoms with Crippen LogP contribution >= 0.6 is 12.2 Å². The summed E-state index contributed by atoms with van der Waals surface area (Å²) < 4.78 is 5.34. The van der Waals surface area contributed by atoms with Gasteiger partial charge in [0.25, 0.3) is 17.3 Å². The predicted octanol–water partition coefficient (Wildman–Crippen LogP) is 3.19. The first-order chi connectivity index (χ1) is 13.3. The highest BCUT2D eigenvalue weighted by atomic mass is 32.1. The van der Waals surface area contributed by atoms with Crippen molar-refractivity contribution >= 4 is 40.3 Å². The zero-order chi connectivity index (χ0) is 20.7. The Morgan fingerprint density at radius 2 is 1.68 bits per heavy atom. The molecule has 10 nitrogen and oxygen atoms in total. The lowest BCUT2D eigenvalue weighted by atomic mass is 10.1. The summed E-state index contributed by atoms with van der Waals surface area (Å²) in [5.74, 6) is -0.209. The molecule has 11 heteroatoms. The Labute approximate surface area is 164 Å². The van der Waals surface area contributed by atoms with Gasteiger partial charge in [0, 0.05) is 17.8 Å². The van der Waals surface area contributed by atoms with Crippen LogP contribution in [0.15, 0.2) is 55.1 Å². The molecule has 144 valence electrons. The van der Waals surface area contributed by atoms with Gasteiger partial charge in [-0.25, -0.2) is 0 Å². The highest BCUT2D eigenvalue weighted by molar-refractivity contribution is 7.80. The van der Waals surface area contributed by atoms with E-state index in [9.17, 15) is 25.0 Å². The van der Waals surface area contributed by atoms with Crippen LogP contribution in [0.5, 0.6) is 5.75 Å². The minimum Gasteiger partial charge on any atom is -0.490 e. The van der Waals surface area contributed by atoms with Gasteiger partial charge in [0.1, 0.15) is 12.4 Å². The molecule has 0 radical (unpaired) electrons. The number of nitrogens with zero attached hydrogens (tertiary/aromatic N) is 2. The number of rotatable bonds is 7. The maximum absolute atomic E-state index is 12.3. The number of carbonyl (C=O) groups excluding carboxylic acids is 1. The first kappa shape index (κ1) is 20.5. The zero-order valence-electron chi connectivity index (χ0n) is 14.3. The molecule has 2 rings (SSSR count). The lowest BCUT2D eigenvalue weighted by Gasteiger charge is -2.10. The quantitative estimate of drug-likeness (QED) is 0.312. The third-order valence-electron chi connectivity index (χ3n) is 3.29. The van der Waals surface area contributed by atoms with E-state index in [0.29, 0.717) is 18.0 Å². The SMILES string of the molecule is C=CCOc1ccc(NC(=S)NC(=O)c2cc([N+](=O)[O-])cc([N+](=O)[O-])c2)cc1. The van der Waals surface area contributed by atoms with E-state index in [1.165, 1.54) is 0 Å². The number of amides is 1. The Bertz CT molecular complexity index is 913. The van der Waals surface area contributed by atoms with E-state index < -0.39 is 27.1 Å². The summed E-state index contributed by atoms with van der Waals surface area (Å²) >= 11 is 5.03. The van der Waals surface area contributed by atoms with Crippen LogP contribution in [-0.4, -0.2) is 27.5 Å². The van der Waals surface area contributed by atoms with E-state index in [4.69, 9.17) is 17.0 Å². The first-order valence-corrected chi connectivity index (χ1v) is 8.11. The van der Waals surface area contributed by atoms with Crippen LogP contribution in [-0.2, 0) is 0 Å². The summed E-state index contributed by atoms with van der Waals surface area (Å²) in [4.78, 5) is 32.4. The van der Waals surface area contributed by atoms with Crippen LogP contribution in [0.4, 0.5) is 17.1 Å². The number of non-ortho nitro benzene ring substituents is 2. The van der Waals surface area contributed by atoms with Crippen molar-refractivity contribution in [1.82, 2.24) is 5.32 Å². The number of thiocarbonyl (C=S) groups is 1. The number of ether oxygens (including phenoxy) is 1. The average Bonchev–Trinajstić information content (AvgIpc) is 2.66. The van der Waals surface area contributed by atoms with Crippen LogP contribution in [0.1, 0.15) is 10.4 Å². The number of nitro benzene ring substituents is 2. The number of benzene rings is 2. The Morgan fingerprint density at radius 1 is 1.11 bits per heavy atom. The summed E-state index contributed by atoms with van der Waals surface area (Å²) in [6.45, 7) is 3.90. The molecule has 0 unspecified atom stereocenters. The van der Waals surface area contributed by atoms with Gasteiger partial charge in [0.2, 0.25) is 0 Å². The Hall–Kier alpha value is -3.86. The fourth-order valence-corrected chi connectivity index (χ4v) is 2.27. The molecule has 2 aromatic carbocycles. The van der Waals surface area contributed by atoms with E-state index in [0.717, 1.165) is 18.2 Å². The van der Waals surface area contributed by atoms with E-state index in [1.807, 2.05) is 0 Å². The first-order valence-electron chi connectivity index (χ1n) is 7.70. The standard InChI is InChI=1S/C17H14N4O6S/c1-2-7-27-15-5-3-12(4-6-15)18-17(28)19-16(22)11-8-13(20(23)24)10-14(9-11)21(25)26/h2-6,8-10H,1,7H2,(H2,18,19,22,28). The third-order valence-corrected chi connectivity index (χ3v) is 3.50. The molecule has 0 saturated carbocycles. The highest BCUT2D eigenvalue weighted by Crippen LogP contribution is 2.22. The molecule has 0 fully saturated rings. The van der Waals surface area contributed by atoms with Crippen LogP contribution < -0.4 is 15.4 Å². The highest BCUT2D eigenvalue weighted by Gasteiger charge is 2.20. The van der Waals surface area contributed by atoms with Gasteiger partial charge in [-0.1, -0.05) is 12.7 Å². The monoisotopic (exact) mass is 402 g/mol. The third kappa shape index (κ3) is 5.57. The number of hydrogen-bond acceptors (Lipinski definition) is 7. The second-order valence-electron chi connectivity index (χ2n) is 5.28. The van der Waals surface area contributed by atoms with Crippen molar-refractivity contribution in [3.8, 4) is 5.75 Å². The van der Waals surface area contributed by atoms with Crippen molar-refractivity contribution in [2.75, 3.05) is 11.9 Å². The van der Waals surface area contributed by atoms with Gasteiger partial charge in [-0.15, -0.1) is 0 Å². The molecule has 2 N–H and O–H groups in total. The van der Waals surface area contributed by atoms with Crippen LogP contribution in [0.2, 0.25) is 0 Å². The lowest BCUT2D eigenvalue weighted by molar-refractivity contribution is -0.394. The van der Waals surface area contributed by atoms with Gasteiger partial charge in [-0.2, -0.15) is 0 Å². The molecule has 0 bridgehead atoms. The topological polar surface area (TPSA) is 137 Å². The van der Waals surface area contributed by atoms with Crippen molar-refractivity contribution in [3.05, 3.63) is 80.9 Å². The molecule has 0 aromatic heterocycles. The van der Waals surface area contributed by atoms with Crippen LogP contribution in [0, 0.1) is 20.2 Å². The van der Waals surface area contributed by atoms with Crippen molar-refractivity contribution in [1.29, 1.82) is 0 Å². The average molecular weight is 402 g/mol. The minimum absolute atomic E-state index is 0.0843. The van der Waals surface area contributed by atoms with E-state index in [-0.39, 0.29) is 10.7 Å². The maximum Gasteiger partial charge on any atom is 0.277 e. The van der Waals surface area contributed by atoms with Gasteiger partial charge in [0.05, 0.1) is 21.5 Å². The normalized spacial score (nSPS) is 9.86. The number of anilines is 1. The van der Waals surface area contributed by atoms with Gasteiger partial charge < -0.3 is 10.1 Å². The second-order valence-corrected chi connectivity index (χ2v) is 5.69. The van der Waals surface area contributed by atoms with Gasteiger partial charge in [-0.3, -0.25) is 30.3 Å². The second kappa shape index (κ2) is 9.19. The number of hydrogen-bond donors (Lipinski definition) is 2. The van der Waals surface area contributed by atoms with E-state index in [2.05, 4.69) is 17.2 Å². The van der Waals surface area contributed by atoms with Crippen molar-refractivity contribution in [3.63, 3.8) is 0 Å². The molecule has 0 aliphatic heterocycles. The van der Waals surface area contributed by atoms with Crippen molar-refractivity contribution in [2.45, 2.75) is 0 Å². The van der Waals surface area contributed by atoms with E-state index >= 15 is 0 Å². The zero-order valence-corrected chi connectivity index (χ0v) is 15.1. The molecule has 0 saturated heterocycles. The molecule has 0 aliphatic carbocycles. The predicted molar refractivity (Wildman–Crippen MR) is 106 cm³/mol. The van der Waals surface area contributed by atoms with Gasteiger partial charge in [-0.05, 0) is 36.5 Å². The smallest absolute Gasteiger partial charge is 0.277 e. The molecule has 2 aromatic rings. The summed E-state index contributed by atoms with van der Waals surface area (Å²) in [6.07, 6.45) is 1.61. The molecule has 1 amide bonds. The Balaban J connectivity index is 2.07. The van der Waals surface area contributed by atoms with Crippen LogP contribution in [0.3, 0.4) is 0 Å². The summed E-state index contributed by atoms with van der Waals surface area (Å²) in [7, 11) is 0. The number of carbonyl (C=O) groups is 1. The Morgan fingerprint density at radius 3 is 2.18 bits per heavy atom. The summed E-state index contributed by atoms with van der Waals surface area (Å²) in [5.41, 5.74) is -0.860. The Kier molecular flexibility index (Phi) is 6.71. The molecular weight excluding hydrogens is 388 g/mol. The lowest BCUT2D eigenvalue weighted by Crippen LogP contribution is -2.34. The molecule has 0 spiro atoms. The summed E-state index contributed by atoms with van der Waals surface area (Å²) in [5, 5.41) is 26.8. The molecule has 0 atom stereocenters. The van der Waals surface area contributed by atoms with Gasteiger partial charge >= 0.3 is 0 Å². The van der Waals surface area contributed by atoms with Crippen LogP contribution in [0.25, 0.3) is 0 Å². The van der Waals surface area contributed by atoms with Crippen molar-refractivity contribution < 1.29 is 19.4 Å². The molecular formula is C17H14N4O6S. The number of nitrogens with one attached hydrogen (secondary N) is 2. The fourth-order valence-electron chi connectivity index (χ4n) is 2.06. The molecule has 0 heterocycles.